The van der Waals surface area contributed by atoms with Crippen LogP contribution in [0.2, 0.25) is 0 Å². The summed E-state index contributed by atoms with van der Waals surface area (Å²) in [5, 5.41) is 8.73. The molecule has 0 aliphatic carbocycles. The molecule has 0 bridgehead atoms. The van der Waals surface area contributed by atoms with Crippen molar-refractivity contribution in [2.45, 2.75) is 0 Å². The Bertz CT molecular complexity index is 2360. The van der Waals surface area contributed by atoms with Crippen LogP contribution in [0, 0.1) is 0 Å². The van der Waals surface area contributed by atoms with Gasteiger partial charge in [-0.3, -0.25) is 0 Å². The fraction of sp³-hybridized carbons (Fsp3) is 0. The van der Waals surface area contributed by atoms with Crippen LogP contribution >= 0.6 is 22.7 Å². The van der Waals surface area contributed by atoms with Gasteiger partial charge in [-0.15, -0.1) is 0 Å². The topological polar surface area (TPSA) is 0 Å². The zero-order valence-corrected chi connectivity index (χ0v) is 29.2. The fourth-order valence-corrected chi connectivity index (χ4v) is 18.5. The number of benzene rings is 4. The van der Waals surface area contributed by atoms with E-state index in [1.807, 2.05) is 22.7 Å². The molecular weight excluding hydrogens is 788 g/mol. The van der Waals surface area contributed by atoms with E-state index in [1.54, 1.807) is 26.3 Å². The second-order valence-corrected chi connectivity index (χ2v) is 21.4. The summed E-state index contributed by atoms with van der Waals surface area (Å²) in [5.74, 6) is 0. The number of fused-ring (bicyclic) bond motifs is 9. The van der Waals surface area contributed by atoms with E-state index in [1.165, 1.54) is 59.6 Å². The summed E-state index contributed by atoms with van der Waals surface area (Å²) in [4.78, 5) is 0. The van der Waals surface area contributed by atoms with E-state index in [-0.39, 0.29) is 0 Å². The molecule has 0 amide bonds. The molecule has 0 N–H and O–H groups in total. The van der Waals surface area contributed by atoms with Gasteiger partial charge in [0.05, 0.1) is 0 Å². The zero-order valence-electron chi connectivity index (χ0n) is 20.7. The van der Waals surface area contributed by atoms with Crippen LogP contribution in [-0.4, -0.2) is 58.0 Å². The van der Waals surface area contributed by atoms with E-state index in [4.69, 9.17) is 0 Å². The van der Waals surface area contributed by atoms with E-state index < -0.39 is 0 Å². The summed E-state index contributed by atoms with van der Waals surface area (Å²) in [6, 6.07) is 37.8. The molecule has 0 radical (unpaired) electrons. The quantitative estimate of drug-likeness (QED) is 0.153. The second-order valence-electron chi connectivity index (χ2n) is 10.2. The molecule has 40 heavy (non-hydrogen) atoms. The Kier molecular flexibility index (Phi) is 5.20. The van der Waals surface area contributed by atoms with E-state index in [0.29, 0.717) is 58.0 Å². The van der Waals surface area contributed by atoms with Gasteiger partial charge in [0.15, 0.2) is 0 Å². The predicted molar refractivity (Wildman–Crippen MR) is 183 cm³/mol. The van der Waals surface area contributed by atoms with Crippen molar-refractivity contribution in [3.05, 3.63) is 97.1 Å². The Hall–Kier alpha value is -1.90. The van der Waals surface area contributed by atoms with Gasteiger partial charge in [-0.1, -0.05) is 0 Å². The molecule has 0 aliphatic rings. The Labute approximate surface area is 261 Å². The summed E-state index contributed by atoms with van der Waals surface area (Å²) in [5.41, 5.74) is 0. The molecule has 6 heteroatoms. The molecule has 10 rings (SSSR count). The molecule has 0 aliphatic heterocycles. The van der Waals surface area contributed by atoms with Crippen molar-refractivity contribution in [2.75, 3.05) is 0 Å². The van der Waals surface area contributed by atoms with Crippen LogP contribution < -0.4 is 0 Å². The van der Waals surface area contributed by atoms with Crippen LogP contribution in [0.4, 0.5) is 0 Å². The van der Waals surface area contributed by atoms with Crippen LogP contribution in [0.15, 0.2) is 97.1 Å². The zero-order chi connectivity index (χ0) is 25.9. The molecule has 0 saturated carbocycles. The van der Waals surface area contributed by atoms with E-state index in [9.17, 15) is 0 Å². The van der Waals surface area contributed by atoms with Gasteiger partial charge in [-0.25, -0.2) is 0 Å². The Balaban J connectivity index is 1.11. The summed E-state index contributed by atoms with van der Waals surface area (Å²) >= 11 is 5.69. The van der Waals surface area contributed by atoms with Crippen LogP contribution in [0.5, 0.6) is 0 Å². The summed E-state index contributed by atoms with van der Waals surface area (Å²) < 4.78 is 18.4. The van der Waals surface area contributed by atoms with Crippen LogP contribution in [0.3, 0.4) is 0 Å². The van der Waals surface area contributed by atoms with Crippen LogP contribution in [-0.2, 0) is 0 Å². The molecule has 0 saturated heterocycles. The Morgan fingerprint density at radius 3 is 1.23 bits per heavy atom. The number of thiophene rings is 2. The number of hydrogen-bond acceptors (Lipinski definition) is 2. The molecule has 0 unspecified atom stereocenters. The van der Waals surface area contributed by atoms with Crippen molar-refractivity contribution in [2.24, 2.45) is 0 Å². The minimum absolute atomic E-state index is 0.394. The molecule has 0 spiro atoms. The average molecular weight is 804 g/mol. The summed E-state index contributed by atoms with van der Waals surface area (Å²) in [6.07, 6.45) is 0. The first-order valence-corrected chi connectivity index (χ1v) is 21.5. The van der Waals surface area contributed by atoms with Gasteiger partial charge < -0.3 is 0 Å². The molecular formula is C34H16S2Se4. The summed E-state index contributed by atoms with van der Waals surface area (Å²) in [6.45, 7) is 0. The van der Waals surface area contributed by atoms with Crippen molar-refractivity contribution in [1.29, 1.82) is 0 Å². The Morgan fingerprint density at radius 1 is 0.375 bits per heavy atom. The third-order valence-corrected chi connectivity index (χ3v) is 21.1. The monoisotopic (exact) mass is 808 g/mol. The molecule has 0 nitrogen and oxygen atoms in total. The van der Waals surface area contributed by atoms with Crippen molar-refractivity contribution >= 4 is 149 Å². The molecule has 188 valence electrons. The van der Waals surface area contributed by atoms with E-state index in [0.717, 1.165) is 0 Å². The molecule has 6 heterocycles. The maximum atomic E-state index is 2.54. The van der Waals surface area contributed by atoms with Gasteiger partial charge in [0.25, 0.3) is 0 Å². The molecule has 10 aromatic rings. The van der Waals surface area contributed by atoms with Crippen molar-refractivity contribution in [3.63, 3.8) is 0 Å². The van der Waals surface area contributed by atoms with Gasteiger partial charge in [0.1, 0.15) is 0 Å². The van der Waals surface area contributed by atoms with Gasteiger partial charge in [-0.2, -0.15) is 0 Å². The van der Waals surface area contributed by atoms with Crippen LogP contribution in [0.25, 0.3) is 85.9 Å². The Morgan fingerprint density at radius 2 is 0.775 bits per heavy atom. The third kappa shape index (κ3) is 3.54. The first-order valence-electron chi connectivity index (χ1n) is 13.0. The maximum absolute atomic E-state index is 2.54. The molecule has 4 aromatic carbocycles. The standard InChI is InChI=1S/C34H16S2Se4/c1-3-7-25-17(5-1)11-29(37-25)31-13-19-9-23-21(15-27(19)39-31)33-34(35-23)22-16-28-20(10-24(22)36-33)14-32(40-28)30-12-18-6-2-4-8-26(18)38-30/h1-16H. The number of hydrogen-bond donors (Lipinski definition) is 0. The first kappa shape index (κ1) is 23.6. The molecule has 0 fully saturated rings. The molecule has 0 atom stereocenters. The average Bonchev–Trinajstić information content (AvgIpc) is 3.79. The second kappa shape index (κ2) is 8.80. The number of rotatable bonds is 2. The molecule has 6 aromatic heterocycles. The first-order chi connectivity index (χ1) is 19.7. The van der Waals surface area contributed by atoms with Crippen molar-refractivity contribution in [3.8, 4) is 17.7 Å². The van der Waals surface area contributed by atoms with Gasteiger partial charge >= 0.3 is 264 Å². The predicted octanol–water partition coefficient (Wildman–Crippen LogP) is 9.44. The third-order valence-electron chi connectivity index (χ3n) is 7.69. The van der Waals surface area contributed by atoms with Crippen molar-refractivity contribution < 1.29 is 0 Å². The van der Waals surface area contributed by atoms with Crippen LogP contribution in [0.1, 0.15) is 0 Å². The van der Waals surface area contributed by atoms with Gasteiger partial charge in [0.2, 0.25) is 0 Å². The SMILES string of the molecule is c1ccc2[se]c(-c3cc4cc5sc6c7cc8[se]c(-c9cc%10ccccc%10[se]9)cc8cc7sc6c5cc4[se]3)cc2c1. The fourth-order valence-electron chi connectivity index (χ4n) is 5.77. The van der Waals surface area contributed by atoms with E-state index in [2.05, 4.69) is 97.1 Å². The summed E-state index contributed by atoms with van der Waals surface area (Å²) in [7, 11) is 0. The van der Waals surface area contributed by atoms with Gasteiger partial charge in [0, 0.05) is 0 Å². The normalized spacial score (nSPS) is 12.5. The van der Waals surface area contributed by atoms with E-state index >= 15 is 0 Å². The van der Waals surface area contributed by atoms with Crippen molar-refractivity contribution in [1.82, 2.24) is 0 Å². The van der Waals surface area contributed by atoms with Gasteiger partial charge in [-0.05, 0) is 0 Å². The minimum atomic E-state index is 0.394.